The number of benzene rings is 1. The number of rotatable bonds is 4. The van der Waals surface area contributed by atoms with Crippen molar-refractivity contribution in [1.29, 1.82) is 10.5 Å². The van der Waals surface area contributed by atoms with Gasteiger partial charge in [-0.2, -0.15) is 10.5 Å². The maximum Gasteiger partial charge on any atom is 0.292 e. The molecule has 3 rings (SSSR count). The average molecular weight is 328 g/mol. The molecule has 1 heterocycles. The quantitative estimate of drug-likeness (QED) is 0.668. The van der Waals surface area contributed by atoms with Crippen LogP contribution in [0.2, 0.25) is 0 Å². The van der Waals surface area contributed by atoms with Crippen LogP contribution in [0.3, 0.4) is 0 Å². The molecule has 3 atom stereocenters. The summed E-state index contributed by atoms with van der Waals surface area (Å²) in [6.45, 7) is 0. The van der Waals surface area contributed by atoms with Gasteiger partial charge in [-0.05, 0) is 24.0 Å². The third kappa shape index (κ3) is 1.52. The topological polar surface area (TPSA) is 104 Å². The van der Waals surface area contributed by atoms with E-state index in [9.17, 15) is 10.5 Å². The van der Waals surface area contributed by atoms with Gasteiger partial charge in [0.05, 0.1) is 12.1 Å². The minimum absolute atomic E-state index is 0.0872. The zero-order chi connectivity index (χ0) is 16.9. The minimum Gasteiger partial charge on any atom is -0.386 e. The summed E-state index contributed by atoms with van der Waals surface area (Å²) in [5, 5.41) is 19.7. The highest BCUT2D eigenvalue weighted by Gasteiger charge is 2.93. The summed E-state index contributed by atoms with van der Waals surface area (Å²) < 4.78 is 10.8. The van der Waals surface area contributed by atoms with Crippen molar-refractivity contribution in [3.05, 3.63) is 29.8 Å². The van der Waals surface area contributed by atoms with Crippen LogP contribution in [-0.4, -0.2) is 32.2 Å². The molecule has 1 aromatic carbocycles. The van der Waals surface area contributed by atoms with E-state index in [1.54, 1.807) is 11.8 Å². The van der Waals surface area contributed by atoms with Gasteiger partial charge in [0.1, 0.15) is 11.3 Å². The van der Waals surface area contributed by atoms with Gasteiger partial charge in [-0.3, -0.25) is 0 Å². The first-order valence-corrected chi connectivity index (χ1v) is 8.18. The Morgan fingerprint density at radius 3 is 2.22 bits per heavy atom. The second kappa shape index (κ2) is 4.97. The predicted molar refractivity (Wildman–Crippen MR) is 85.4 cm³/mol. The Hall–Kier alpha value is -2.06. The predicted octanol–water partition coefficient (Wildman–Crippen LogP) is 1.84. The molecular formula is C16H16N4O2S. The molecule has 0 bridgehead atoms. The van der Waals surface area contributed by atoms with E-state index in [0.717, 1.165) is 10.5 Å². The van der Waals surface area contributed by atoms with Gasteiger partial charge in [-0.1, -0.05) is 12.1 Å². The van der Waals surface area contributed by atoms with Gasteiger partial charge in [0, 0.05) is 25.0 Å². The van der Waals surface area contributed by atoms with Gasteiger partial charge in [0.25, 0.3) is 5.91 Å². The van der Waals surface area contributed by atoms with E-state index < -0.39 is 22.7 Å². The molecule has 2 aliphatic rings. The number of fused-ring (bicyclic) bond motifs is 1. The summed E-state index contributed by atoms with van der Waals surface area (Å²) in [5.74, 6) is -1.92. The van der Waals surface area contributed by atoms with Crippen LogP contribution in [0.5, 0.6) is 0 Å². The first-order valence-electron chi connectivity index (χ1n) is 6.96. The fraction of sp³-hybridized carbons (Fsp3) is 0.438. The molecule has 2 N–H and O–H groups in total. The van der Waals surface area contributed by atoms with Crippen molar-refractivity contribution in [2.24, 2.45) is 21.6 Å². The van der Waals surface area contributed by atoms with Crippen LogP contribution in [0.4, 0.5) is 0 Å². The van der Waals surface area contributed by atoms with Crippen LogP contribution in [-0.2, 0) is 9.47 Å². The molecule has 23 heavy (non-hydrogen) atoms. The number of thioether (sulfide) groups is 1. The Labute approximate surface area is 138 Å². The molecular weight excluding hydrogens is 312 g/mol. The molecule has 7 heteroatoms. The molecule has 1 aliphatic carbocycles. The van der Waals surface area contributed by atoms with E-state index >= 15 is 0 Å². The summed E-state index contributed by atoms with van der Waals surface area (Å²) in [6, 6.07) is 12.2. The Bertz CT molecular complexity index is 760. The van der Waals surface area contributed by atoms with Gasteiger partial charge in [-0.15, -0.1) is 11.8 Å². The molecule has 0 radical (unpaired) electrons. The first kappa shape index (κ1) is 15.8. The van der Waals surface area contributed by atoms with Crippen molar-refractivity contribution >= 4 is 17.6 Å². The number of methoxy groups -OCH3 is 2. The highest BCUT2D eigenvalue weighted by molar-refractivity contribution is 7.98. The van der Waals surface area contributed by atoms with E-state index in [-0.39, 0.29) is 5.84 Å². The number of ether oxygens (including phenoxy) is 2. The fourth-order valence-electron chi connectivity index (χ4n) is 3.82. The normalized spacial score (nSPS) is 33.3. The smallest absolute Gasteiger partial charge is 0.292 e. The average Bonchev–Trinajstić information content (AvgIpc) is 3.17. The number of nitrogens with two attached hydrogens (primary N) is 1. The Morgan fingerprint density at radius 1 is 1.17 bits per heavy atom. The Balaban J connectivity index is 2.18. The molecule has 0 spiro atoms. The Kier molecular flexibility index (Phi) is 3.42. The lowest BCUT2D eigenvalue weighted by molar-refractivity contribution is -0.230. The maximum atomic E-state index is 9.92. The standard InChI is InChI=1S/C16H16N4O2S/c1-21-16(22-2)15(9-18)12(14(15,8-17)13(19)20-16)10-4-6-11(23-3)7-5-10/h4-7,12H,1-3H3,(H2,19,20)/t12-,14+,15-/m1/s1. The Morgan fingerprint density at radius 2 is 1.78 bits per heavy atom. The molecule has 6 nitrogen and oxygen atoms in total. The lowest BCUT2D eigenvalue weighted by Gasteiger charge is -2.29. The van der Waals surface area contributed by atoms with E-state index in [1.165, 1.54) is 14.2 Å². The third-order valence-corrected chi connectivity index (χ3v) is 5.67. The monoisotopic (exact) mass is 328 g/mol. The molecule has 1 aromatic rings. The van der Waals surface area contributed by atoms with Crippen LogP contribution in [0.1, 0.15) is 11.5 Å². The van der Waals surface area contributed by atoms with Gasteiger partial charge in [0.2, 0.25) is 0 Å². The molecule has 1 aliphatic heterocycles. The maximum absolute atomic E-state index is 9.92. The molecule has 0 amide bonds. The summed E-state index contributed by atoms with van der Waals surface area (Å²) >= 11 is 1.62. The van der Waals surface area contributed by atoms with Gasteiger partial charge in [0.15, 0.2) is 5.41 Å². The summed E-state index contributed by atoms with van der Waals surface area (Å²) in [7, 11) is 2.80. The molecule has 1 saturated carbocycles. The SMILES string of the molecule is COC1(OC)N=C(N)[C@]2(C#N)[C@@H](c3ccc(SC)cc3)[C@@]12C#N. The number of hydrogen-bond acceptors (Lipinski definition) is 7. The van der Waals surface area contributed by atoms with Crippen molar-refractivity contribution in [2.45, 2.75) is 16.7 Å². The number of aliphatic imine (C=N–C) groups is 1. The summed E-state index contributed by atoms with van der Waals surface area (Å²) in [6.07, 6.45) is 1.99. The van der Waals surface area contributed by atoms with Crippen molar-refractivity contribution < 1.29 is 9.47 Å². The second-order valence-corrected chi connectivity index (χ2v) is 6.41. The van der Waals surface area contributed by atoms with Gasteiger partial charge >= 0.3 is 0 Å². The van der Waals surface area contributed by atoms with Crippen molar-refractivity contribution in [2.75, 3.05) is 20.5 Å². The van der Waals surface area contributed by atoms with Crippen molar-refractivity contribution in [3.8, 4) is 12.1 Å². The van der Waals surface area contributed by atoms with E-state index in [0.29, 0.717) is 0 Å². The van der Waals surface area contributed by atoms with Crippen LogP contribution in [0.25, 0.3) is 0 Å². The molecule has 118 valence electrons. The second-order valence-electron chi connectivity index (χ2n) is 5.53. The summed E-state index contributed by atoms with van der Waals surface area (Å²) in [5.41, 5.74) is 4.38. The fourth-order valence-corrected chi connectivity index (χ4v) is 4.23. The lowest BCUT2D eigenvalue weighted by atomic mass is 9.93. The third-order valence-electron chi connectivity index (χ3n) is 4.93. The van der Waals surface area contributed by atoms with Crippen molar-refractivity contribution in [3.63, 3.8) is 0 Å². The van der Waals surface area contributed by atoms with Gasteiger partial charge < -0.3 is 15.2 Å². The number of nitrogens with zero attached hydrogens (tertiary/aromatic N) is 3. The zero-order valence-electron chi connectivity index (χ0n) is 13.0. The number of amidine groups is 1. The molecule has 1 fully saturated rings. The number of nitriles is 2. The van der Waals surface area contributed by atoms with Crippen LogP contribution >= 0.6 is 11.8 Å². The molecule has 0 unspecified atom stereocenters. The number of hydrogen-bond donors (Lipinski definition) is 1. The van der Waals surface area contributed by atoms with Crippen LogP contribution in [0, 0.1) is 33.5 Å². The minimum atomic E-state index is -1.57. The highest BCUT2D eigenvalue weighted by Crippen LogP contribution is 2.81. The van der Waals surface area contributed by atoms with Crippen LogP contribution < -0.4 is 5.73 Å². The molecule has 0 aromatic heterocycles. The molecule has 0 saturated heterocycles. The van der Waals surface area contributed by atoms with E-state index in [2.05, 4.69) is 17.1 Å². The first-order chi connectivity index (χ1) is 11.0. The van der Waals surface area contributed by atoms with Gasteiger partial charge in [-0.25, -0.2) is 4.99 Å². The largest absolute Gasteiger partial charge is 0.386 e. The van der Waals surface area contributed by atoms with Crippen LogP contribution in [0.15, 0.2) is 34.2 Å². The lowest BCUT2D eigenvalue weighted by Crippen LogP contribution is -2.41. The summed E-state index contributed by atoms with van der Waals surface area (Å²) in [4.78, 5) is 5.28. The highest BCUT2D eigenvalue weighted by atomic mass is 32.2. The zero-order valence-corrected chi connectivity index (χ0v) is 13.8. The van der Waals surface area contributed by atoms with E-state index in [1.807, 2.05) is 30.5 Å². The van der Waals surface area contributed by atoms with E-state index in [4.69, 9.17) is 15.2 Å². The van der Waals surface area contributed by atoms with Crippen molar-refractivity contribution in [1.82, 2.24) is 0 Å².